The number of benzene rings is 1. The summed E-state index contributed by atoms with van der Waals surface area (Å²) in [5.74, 6) is -0.151. The van der Waals surface area contributed by atoms with E-state index in [1.165, 1.54) is 37.5 Å². The summed E-state index contributed by atoms with van der Waals surface area (Å²) >= 11 is 0. The van der Waals surface area contributed by atoms with Gasteiger partial charge >= 0.3 is 0 Å². The fourth-order valence-electron chi connectivity index (χ4n) is 3.07. The zero-order chi connectivity index (χ0) is 20.4. The first-order valence-electron chi connectivity index (χ1n) is 9.96. The van der Waals surface area contributed by atoms with Crippen molar-refractivity contribution in [1.82, 2.24) is 0 Å². The highest BCUT2D eigenvalue weighted by Crippen LogP contribution is 2.17. The van der Waals surface area contributed by atoms with Crippen molar-refractivity contribution in [2.75, 3.05) is 10.5 Å². The number of ketones is 2. The van der Waals surface area contributed by atoms with E-state index in [1.54, 1.807) is 12.1 Å². The number of carbonyl (C=O) groups is 2. The second-order valence-electron chi connectivity index (χ2n) is 7.16. The van der Waals surface area contributed by atoms with Crippen LogP contribution in [0.4, 0.5) is 5.69 Å². The molecule has 28 heavy (non-hydrogen) atoms. The van der Waals surface area contributed by atoms with E-state index in [4.69, 9.17) is 0 Å². The molecular weight excluding hydrogens is 374 g/mol. The van der Waals surface area contributed by atoms with Crippen LogP contribution in [0, 0.1) is 0 Å². The van der Waals surface area contributed by atoms with Crippen LogP contribution in [0.15, 0.2) is 48.1 Å². The van der Waals surface area contributed by atoms with Crippen LogP contribution in [-0.4, -0.2) is 25.7 Å². The van der Waals surface area contributed by atoms with E-state index >= 15 is 0 Å². The Balaban J connectivity index is 1.78. The molecular formula is C22H29NO4S. The first kappa shape index (κ1) is 22.1. The lowest BCUT2D eigenvalue weighted by Crippen LogP contribution is -2.16. The predicted octanol–water partition coefficient (Wildman–Crippen LogP) is 4.36. The Morgan fingerprint density at radius 3 is 2.25 bits per heavy atom. The fourth-order valence-corrected chi connectivity index (χ4v) is 4.25. The summed E-state index contributed by atoms with van der Waals surface area (Å²) in [7, 11) is -3.33. The zero-order valence-corrected chi connectivity index (χ0v) is 17.3. The second kappa shape index (κ2) is 11.0. The Bertz CT molecular complexity index is 836. The number of rotatable bonds is 12. The predicted molar refractivity (Wildman–Crippen MR) is 113 cm³/mol. The Labute approximate surface area is 168 Å². The molecule has 5 nitrogen and oxygen atoms in total. The van der Waals surface area contributed by atoms with Gasteiger partial charge in [0.1, 0.15) is 0 Å². The SMILES string of the molecule is CCCCCCCCS(=O)(=O)Nc1ccc(CCC2=CC(=O)C=CC2=O)cc1. The van der Waals surface area contributed by atoms with Crippen molar-refractivity contribution in [2.24, 2.45) is 0 Å². The molecule has 0 saturated heterocycles. The van der Waals surface area contributed by atoms with Gasteiger partial charge in [0.25, 0.3) is 0 Å². The van der Waals surface area contributed by atoms with Crippen LogP contribution in [0.3, 0.4) is 0 Å². The van der Waals surface area contributed by atoms with E-state index in [-0.39, 0.29) is 17.3 Å². The van der Waals surface area contributed by atoms with Crippen LogP contribution in [0.2, 0.25) is 0 Å². The minimum atomic E-state index is -3.33. The molecule has 0 unspecified atom stereocenters. The molecule has 0 amide bonds. The number of carbonyl (C=O) groups excluding carboxylic acids is 2. The van der Waals surface area contributed by atoms with Crippen molar-refractivity contribution in [1.29, 1.82) is 0 Å². The molecule has 0 fully saturated rings. The number of nitrogens with one attached hydrogen (secondary N) is 1. The molecule has 6 heteroatoms. The van der Waals surface area contributed by atoms with Gasteiger partial charge in [0.15, 0.2) is 11.6 Å². The maximum absolute atomic E-state index is 12.2. The van der Waals surface area contributed by atoms with Crippen LogP contribution in [0.5, 0.6) is 0 Å². The van der Waals surface area contributed by atoms with E-state index in [0.29, 0.717) is 30.5 Å². The molecule has 0 saturated carbocycles. The minimum absolute atomic E-state index is 0.126. The Morgan fingerprint density at radius 2 is 1.54 bits per heavy atom. The number of hydrogen-bond donors (Lipinski definition) is 1. The van der Waals surface area contributed by atoms with Gasteiger partial charge in [-0.25, -0.2) is 8.42 Å². The van der Waals surface area contributed by atoms with Crippen molar-refractivity contribution in [3.8, 4) is 0 Å². The molecule has 1 N–H and O–H groups in total. The van der Waals surface area contributed by atoms with Crippen LogP contribution < -0.4 is 4.72 Å². The lowest BCUT2D eigenvalue weighted by molar-refractivity contribution is -0.114. The molecule has 1 aromatic carbocycles. The molecule has 0 aliphatic heterocycles. The molecule has 0 radical (unpaired) electrons. The lowest BCUT2D eigenvalue weighted by Gasteiger charge is -2.10. The number of anilines is 1. The molecule has 0 heterocycles. The average Bonchev–Trinajstić information content (AvgIpc) is 2.66. The molecule has 1 aromatic rings. The molecule has 1 aliphatic rings. The zero-order valence-electron chi connectivity index (χ0n) is 16.4. The topological polar surface area (TPSA) is 80.3 Å². The van der Waals surface area contributed by atoms with Crippen LogP contribution >= 0.6 is 0 Å². The summed E-state index contributed by atoms with van der Waals surface area (Å²) in [6.07, 6.45) is 11.3. The summed E-state index contributed by atoms with van der Waals surface area (Å²) < 4.78 is 27.0. The number of aryl methyl sites for hydroxylation is 1. The van der Waals surface area contributed by atoms with E-state index < -0.39 is 10.0 Å². The van der Waals surface area contributed by atoms with Gasteiger partial charge in [0, 0.05) is 11.3 Å². The van der Waals surface area contributed by atoms with E-state index in [9.17, 15) is 18.0 Å². The van der Waals surface area contributed by atoms with Gasteiger partial charge in [-0.1, -0.05) is 51.2 Å². The first-order chi connectivity index (χ1) is 13.4. The summed E-state index contributed by atoms with van der Waals surface area (Å²) in [5, 5.41) is 0. The minimum Gasteiger partial charge on any atom is -0.290 e. The Morgan fingerprint density at radius 1 is 0.857 bits per heavy atom. The van der Waals surface area contributed by atoms with E-state index in [2.05, 4.69) is 11.6 Å². The number of sulfonamides is 1. The van der Waals surface area contributed by atoms with E-state index in [0.717, 1.165) is 18.4 Å². The van der Waals surface area contributed by atoms with Gasteiger partial charge in [0.2, 0.25) is 10.0 Å². The quantitative estimate of drug-likeness (QED) is 0.415. The third kappa shape index (κ3) is 7.80. The van der Waals surface area contributed by atoms with Crippen molar-refractivity contribution in [2.45, 2.75) is 58.3 Å². The average molecular weight is 404 g/mol. The number of hydrogen-bond acceptors (Lipinski definition) is 4. The third-order valence-corrected chi connectivity index (χ3v) is 6.08. The summed E-state index contributed by atoms with van der Waals surface area (Å²) in [5.41, 5.74) is 2.03. The largest absolute Gasteiger partial charge is 0.290 e. The van der Waals surface area contributed by atoms with Gasteiger partial charge in [-0.05, 0) is 55.2 Å². The molecule has 2 rings (SSSR count). The Kier molecular flexibility index (Phi) is 8.64. The molecule has 0 aromatic heterocycles. The normalized spacial score (nSPS) is 14.2. The first-order valence-corrected chi connectivity index (χ1v) is 11.6. The highest BCUT2D eigenvalue weighted by atomic mass is 32.2. The summed E-state index contributed by atoms with van der Waals surface area (Å²) in [4.78, 5) is 23.1. The monoisotopic (exact) mass is 403 g/mol. The van der Waals surface area contributed by atoms with Crippen molar-refractivity contribution >= 4 is 27.3 Å². The van der Waals surface area contributed by atoms with Crippen LogP contribution in [0.25, 0.3) is 0 Å². The highest BCUT2D eigenvalue weighted by Gasteiger charge is 2.13. The Hall–Kier alpha value is -2.21. The lowest BCUT2D eigenvalue weighted by atomic mass is 9.97. The molecule has 0 spiro atoms. The van der Waals surface area contributed by atoms with Gasteiger partial charge in [-0.3, -0.25) is 14.3 Å². The van der Waals surface area contributed by atoms with Crippen LogP contribution in [-0.2, 0) is 26.0 Å². The molecule has 152 valence electrons. The summed E-state index contributed by atoms with van der Waals surface area (Å²) in [6.45, 7) is 2.16. The van der Waals surface area contributed by atoms with Crippen LogP contribution in [0.1, 0.15) is 57.4 Å². The maximum Gasteiger partial charge on any atom is 0.232 e. The number of allylic oxidation sites excluding steroid dienone is 4. The standard InChI is InChI=1S/C22H29NO4S/c1-2-3-4-5-6-7-16-28(26,27)23-20-12-9-18(10-13-20)8-11-19-17-21(24)14-15-22(19)25/h9-10,12-15,17,23H,2-8,11,16H2,1H3. The third-order valence-electron chi connectivity index (χ3n) is 4.71. The summed E-state index contributed by atoms with van der Waals surface area (Å²) in [6, 6.07) is 7.15. The smallest absolute Gasteiger partial charge is 0.232 e. The van der Waals surface area contributed by atoms with Crippen molar-refractivity contribution < 1.29 is 18.0 Å². The highest BCUT2D eigenvalue weighted by molar-refractivity contribution is 7.92. The van der Waals surface area contributed by atoms with Gasteiger partial charge < -0.3 is 0 Å². The van der Waals surface area contributed by atoms with Gasteiger partial charge in [-0.2, -0.15) is 0 Å². The van der Waals surface area contributed by atoms with Gasteiger partial charge in [-0.15, -0.1) is 0 Å². The van der Waals surface area contributed by atoms with Crippen molar-refractivity contribution in [3.05, 3.63) is 53.6 Å². The number of unbranched alkanes of at least 4 members (excludes halogenated alkanes) is 5. The maximum atomic E-state index is 12.2. The molecule has 1 aliphatic carbocycles. The van der Waals surface area contributed by atoms with Gasteiger partial charge in [0.05, 0.1) is 5.75 Å². The molecule has 0 atom stereocenters. The molecule has 0 bridgehead atoms. The van der Waals surface area contributed by atoms with E-state index in [1.807, 2.05) is 12.1 Å². The van der Waals surface area contributed by atoms with Crippen molar-refractivity contribution in [3.63, 3.8) is 0 Å². The fraction of sp³-hybridized carbons (Fsp3) is 0.455. The second-order valence-corrected chi connectivity index (χ2v) is 9.00.